The maximum absolute atomic E-state index is 14.8. The van der Waals surface area contributed by atoms with Crippen molar-refractivity contribution in [3.8, 4) is 0 Å². The Morgan fingerprint density at radius 2 is 2.04 bits per heavy atom. The number of amides is 1. The number of aromatic nitrogens is 3. The van der Waals surface area contributed by atoms with E-state index < -0.39 is 23.3 Å². The Balaban J connectivity index is 1.83. The molecule has 3 heterocycles. The maximum atomic E-state index is 14.8. The summed E-state index contributed by atoms with van der Waals surface area (Å²) < 4.78 is 32.5. The average molecular weight is 394 g/mol. The molecule has 2 atom stereocenters. The van der Waals surface area contributed by atoms with Crippen molar-refractivity contribution in [3.63, 3.8) is 0 Å². The summed E-state index contributed by atoms with van der Waals surface area (Å²) in [7, 11) is 1.57. The molecule has 9 heteroatoms. The van der Waals surface area contributed by atoms with Crippen LogP contribution in [0.4, 0.5) is 13.6 Å². The monoisotopic (exact) mass is 394 g/mol. The Bertz CT molecular complexity index is 1040. The summed E-state index contributed by atoms with van der Waals surface area (Å²) in [6.07, 6.45) is -1.10. The lowest BCUT2D eigenvalue weighted by atomic mass is 9.92. The minimum absolute atomic E-state index is 0.0973. The fourth-order valence-electron chi connectivity index (χ4n) is 4.58. The molecule has 28 heavy (non-hydrogen) atoms. The van der Waals surface area contributed by atoms with Crippen molar-refractivity contribution in [2.24, 2.45) is 18.4 Å². The number of carbonyl (C=O) groups is 1. The third kappa shape index (κ3) is 2.41. The van der Waals surface area contributed by atoms with Gasteiger partial charge in [-0.25, -0.2) is 23.4 Å². The largest absolute Gasteiger partial charge is 0.465 e. The van der Waals surface area contributed by atoms with E-state index in [2.05, 4.69) is 4.98 Å². The molecule has 2 aromatic heterocycles. The number of imidazole rings is 1. The average Bonchev–Trinajstić information content (AvgIpc) is 3.03. The molecule has 1 amide bonds. The molecule has 2 aliphatic rings. The van der Waals surface area contributed by atoms with Crippen molar-refractivity contribution < 1.29 is 18.7 Å². The van der Waals surface area contributed by atoms with Crippen LogP contribution in [0.15, 0.2) is 16.9 Å². The van der Waals surface area contributed by atoms with Gasteiger partial charge in [0.2, 0.25) is 0 Å². The molecule has 0 spiro atoms. The van der Waals surface area contributed by atoms with Crippen LogP contribution >= 0.6 is 0 Å². The summed E-state index contributed by atoms with van der Waals surface area (Å²) in [5.74, 6) is -3.93. The van der Waals surface area contributed by atoms with Gasteiger partial charge in [-0.3, -0.25) is 9.13 Å². The fraction of sp³-hybridized carbons (Fsp3) is 0.632. The third-order valence-corrected chi connectivity index (χ3v) is 6.01. The number of hydrogen-bond donors (Lipinski definition) is 1. The quantitative estimate of drug-likeness (QED) is 0.849. The zero-order valence-electron chi connectivity index (χ0n) is 16.4. The number of fused-ring (bicyclic) bond motifs is 2. The molecule has 4 rings (SSSR count). The molecule has 2 aromatic rings. The molecule has 7 nitrogen and oxygen atoms in total. The molecule has 0 aromatic carbocycles. The predicted molar refractivity (Wildman–Crippen MR) is 98.8 cm³/mol. The van der Waals surface area contributed by atoms with E-state index in [4.69, 9.17) is 0 Å². The van der Waals surface area contributed by atoms with Crippen LogP contribution in [0.5, 0.6) is 0 Å². The summed E-state index contributed by atoms with van der Waals surface area (Å²) >= 11 is 0. The molecule has 152 valence electrons. The van der Waals surface area contributed by atoms with Crippen LogP contribution in [-0.2, 0) is 19.0 Å². The first-order valence-corrected chi connectivity index (χ1v) is 9.32. The van der Waals surface area contributed by atoms with Crippen molar-refractivity contribution in [2.75, 3.05) is 13.1 Å². The SMILES string of the molecule is Cn1c(=O)n(CC(C)(C)C)c2ccc(C34CN(C(=O)O)CCC3C4(F)F)nc21. The molecular weight excluding hydrogens is 370 g/mol. The van der Waals surface area contributed by atoms with E-state index in [1.54, 1.807) is 17.7 Å². The van der Waals surface area contributed by atoms with Gasteiger partial charge in [-0.15, -0.1) is 0 Å². The first-order valence-electron chi connectivity index (χ1n) is 9.32. The Labute approximate surface area is 160 Å². The van der Waals surface area contributed by atoms with E-state index in [0.29, 0.717) is 17.7 Å². The van der Waals surface area contributed by atoms with Gasteiger partial charge in [-0.05, 0) is 24.0 Å². The summed E-state index contributed by atoms with van der Waals surface area (Å²) in [6, 6.07) is 3.19. The number of likely N-dealkylation sites (tertiary alicyclic amines) is 1. The molecule has 2 unspecified atom stereocenters. The van der Waals surface area contributed by atoms with E-state index in [1.165, 1.54) is 10.6 Å². The Kier molecular flexibility index (Phi) is 3.74. The lowest BCUT2D eigenvalue weighted by molar-refractivity contribution is 0.0730. The summed E-state index contributed by atoms with van der Waals surface area (Å²) in [6.45, 7) is 6.32. The fourth-order valence-corrected chi connectivity index (χ4v) is 4.58. The van der Waals surface area contributed by atoms with Crippen LogP contribution < -0.4 is 5.69 Å². The molecule has 1 saturated carbocycles. The predicted octanol–water partition coefficient (Wildman–Crippen LogP) is 2.67. The van der Waals surface area contributed by atoms with Crippen LogP contribution in [0.2, 0.25) is 0 Å². The number of hydrogen-bond acceptors (Lipinski definition) is 3. The van der Waals surface area contributed by atoms with Crippen LogP contribution in [0.25, 0.3) is 11.2 Å². The Hall–Kier alpha value is -2.45. The van der Waals surface area contributed by atoms with Gasteiger partial charge in [0, 0.05) is 32.6 Å². The number of pyridine rings is 1. The summed E-state index contributed by atoms with van der Waals surface area (Å²) in [5, 5.41) is 9.28. The van der Waals surface area contributed by atoms with Gasteiger partial charge >= 0.3 is 11.8 Å². The van der Waals surface area contributed by atoms with Crippen molar-refractivity contribution in [2.45, 2.75) is 45.1 Å². The van der Waals surface area contributed by atoms with E-state index in [1.807, 2.05) is 20.8 Å². The molecule has 2 fully saturated rings. The van der Waals surface area contributed by atoms with Crippen molar-refractivity contribution >= 4 is 17.3 Å². The number of carboxylic acid groups (broad SMARTS) is 1. The second kappa shape index (κ2) is 5.55. The van der Waals surface area contributed by atoms with Crippen LogP contribution in [0, 0.1) is 11.3 Å². The first-order chi connectivity index (χ1) is 12.9. The highest BCUT2D eigenvalue weighted by Gasteiger charge is 2.83. The highest BCUT2D eigenvalue weighted by molar-refractivity contribution is 5.73. The van der Waals surface area contributed by atoms with Crippen LogP contribution in [0.1, 0.15) is 32.9 Å². The topological polar surface area (TPSA) is 80.4 Å². The number of aryl methyl sites for hydroxylation is 1. The molecule has 1 aliphatic heterocycles. The van der Waals surface area contributed by atoms with Crippen LogP contribution in [0.3, 0.4) is 0 Å². The van der Waals surface area contributed by atoms with Crippen molar-refractivity contribution in [1.29, 1.82) is 0 Å². The van der Waals surface area contributed by atoms with Gasteiger partial charge in [0.15, 0.2) is 5.65 Å². The van der Waals surface area contributed by atoms with Gasteiger partial charge < -0.3 is 10.0 Å². The highest BCUT2D eigenvalue weighted by atomic mass is 19.3. The molecule has 1 saturated heterocycles. The number of rotatable bonds is 2. The lowest BCUT2D eigenvalue weighted by Gasteiger charge is -2.29. The molecule has 0 radical (unpaired) electrons. The molecule has 1 aliphatic carbocycles. The number of nitrogens with zero attached hydrogens (tertiary/aromatic N) is 4. The summed E-state index contributed by atoms with van der Waals surface area (Å²) in [4.78, 5) is 29.5. The first kappa shape index (κ1) is 18.9. The normalized spacial score (nSPS) is 26.4. The Morgan fingerprint density at radius 1 is 1.36 bits per heavy atom. The van der Waals surface area contributed by atoms with E-state index in [9.17, 15) is 23.5 Å². The smallest absolute Gasteiger partial charge is 0.407 e. The number of piperidine rings is 1. The molecule has 0 bridgehead atoms. The minimum atomic E-state index is -3.01. The van der Waals surface area contributed by atoms with Gasteiger partial charge in [0.25, 0.3) is 5.92 Å². The Morgan fingerprint density at radius 3 is 2.64 bits per heavy atom. The van der Waals surface area contributed by atoms with Gasteiger partial charge in [-0.2, -0.15) is 0 Å². The van der Waals surface area contributed by atoms with Crippen molar-refractivity contribution in [1.82, 2.24) is 19.0 Å². The minimum Gasteiger partial charge on any atom is -0.465 e. The van der Waals surface area contributed by atoms with E-state index in [0.717, 1.165) is 4.90 Å². The second-order valence-corrected chi connectivity index (χ2v) is 9.17. The highest BCUT2D eigenvalue weighted by Crippen LogP contribution is 2.69. The molecular formula is C19H24F2N4O3. The lowest BCUT2D eigenvalue weighted by Crippen LogP contribution is -2.43. The van der Waals surface area contributed by atoms with Crippen molar-refractivity contribution in [3.05, 3.63) is 28.3 Å². The van der Waals surface area contributed by atoms with Gasteiger partial charge in [-0.1, -0.05) is 20.8 Å². The standard InChI is InChI=1S/C19H24F2N4O3/c1-17(2,3)9-25-11-5-6-13(22-14(11)23(4)15(25)26)18-10-24(16(27)28)8-7-12(18)19(18,20)21/h5-6,12H,7-10H2,1-4H3,(H,27,28). The van der Waals surface area contributed by atoms with Crippen LogP contribution in [-0.4, -0.2) is 49.2 Å². The second-order valence-electron chi connectivity index (χ2n) is 9.17. The zero-order chi connectivity index (χ0) is 20.6. The van der Waals surface area contributed by atoms with E-state index >= 15 is 0 Å². The van der Waals surface area contributed by atoms with Gasteiger partial charge in [0.1, 0.15) is 5.41 Å². The number of alkyl halides is 2. The van der Waals surface area contributed by atoms with Gasteiger partial charge in [0.05, 0.1) is 11.2 Å². The maximum Gasteiger partial charge on any atom is 0.407 e. The molecule has 1 N–H and O–H groups in total. The van der Waals surface area contributed by atoms with E-state index in [-0.39, 0.29) is 36.3 Å². The zero-order valence-corrected chi connectivity index (χ0v) is 16.4. The number of halogens is 2. The third-order valence-electron chi connectivity index (χ3n) is 6.01. The summed E-state index contributed by atoms with van der Waals surface area (Å²) in [5.41, 5.74) is -0.911.